The molecular weight excluding hydrogens is 276 g/mol. The second-order valence-electron chi connectivity index (χ2n) is 4.27. The zero-order chi connectivity index (χ0) is 15.4. The molecule has 1 aromatic carbocycles. The Morgan fingerprint density at radius 1 is 1.29 bits per heavy atom. The monoisotopic (exact) mass is 290 g/mol. The number of aromatic hydroxyl groups is 1. The van der Waals surface area contributed by atoms with Crippen LogP contribution in [-0.2, 0) is 6.54 Å². The van der Waals surface area contributed by atoms with Crippen LogP contribution >= 0.6 is 0 Å². The summed E-state index contributed by atoms with van der Waals surface area (Å²) >= 11 is 0. The molecule has 110 valence electrons. The van der Waals surface area contributed by atoms with Gasteiger partial charge in [-0.2, -0.15) is 0 Å². The molecule has 0 radical (unpaired) electrons. The summed E-state index contributed by atoms with van der Waals surface area (Å²) in [5.41, 5.74) is 3.96. The molecule has 5 N–H and O–H groups in total. The van der Waals surface area contributed by atoms with Crippen molar-refractivity contribution in [3.63, 3.8) is 0 Å². The van der Waals surface area contributed by atoms with Crippen LogP contribution in [0.4, 0.5) is 4.79 Å². The Morgan fingerprint density at radius 3 is 2.57 bits per heavy atom. The van der Waals surface area contributed by atoms with Crippen molar-refractivity contribution in [1.29, 1.82) is 0 Å². The molecule has 0 atom stereocenters. The molecule has 8 heteroatoms. The Kier molecular flexibility index (Phi) is 4.07. The third-order valence-electron chi connectivity index (χ3n) is 2.87. The lowest BCUT2D eigenvalue weighted by molar-refractivity contribution is 0.248. The fourth-order valence-electron chi connectivity index (χ4n) is 1.92. The standard InChI is InChI=1S/C13H14N4O4/c14-12(20)15-6-7-17-11(19)9(10(18)16-13(17)21)8-4-2-1-3-5-8/h1-5,19H,6-7H2,(H3,14,15,20)(H,16,18,21). The minimum absolute atomic E-state index is 0.00530. The summed E-state index contributed by atoms with van der Waals surface area (Å²) < 4.78 is 0.958. The lowest BCUT2D eigenvalue weighted by atomic mass is 10.1. The van der Waals surface area contributed by atoms with E-state index >= 15 is 0 Å². The average Bonchev–Trinajstić information content (AvgIpc) is 2.43. The summed E-state index contributed by atoms with van der Waals surface area (Å²) in [4.78, 5) is 36.3. The minimum atomic E-state index is -0.761. The van der Waals surface area contributed by atoms with Gasteiger partial charge in [-0.05, 0) is 5.56 Å². The van der Waals surface area contributed by atoms with E-state index in [1.54, 1.807) is 30.3 Å². The van der Waals surface area contributed by atoms with Gasteiger partial charge in [0.2, 0.25) is 5.88 Å². The van der Waals surface area contributed by atoms with E-state index < -0.39 is 23.2 Å². The van der Waals surface area contributed by atoms with E-state index in [2.05, 4.69) is 10.3 Å². The van der Waals surface area contributed by atoms with Crippen LogP contribution in [0.15, 0.2) is 39.9 Å². The smallest absolute Gasteiger partial charge is 0.331 e. The average molecular weight is 290 g/mol. The second-order valence-corrected chi connectivity index (χ2v) is 4.27. The number of carbonyl (C=O) groups is 1. The number of aromatic nitrogens is 2. The highest BCUT2D eigenvalue weighted by molar-refractivity contribution is 5.71. The first-order valence-corrected chi connectivity index (χ1v) is 6.15. The highest BCUT2D eigenvalue weighted by Crippen LogP contribution is 2.23. The number of nitrogens with two attached hydrogens (primary N) is 1. The van der Waals surface area contributed by atoms with Crippen LogP contribution in [0.25, 0.3) is 11.1 Å². The van der Waals surface area contributed by atoms with Crippen molar-refractivity contribution in [2.24, 2.45) is 5.73 Å². The van der Waals surface area contributed by atoms with Gasteiger partial charge in [-0.15, -0.1) is 0 Å². The number of hydrogen-bond acceptors (Lipinski definition) is 4. The van der Waals surface area contributed by atoms with Crippen LogP contribution in [0.2, 0.25) is 0 Å². The highest BCUT2D eigenvalue weighted by Gasteiger charge is 2.15. The van der Waals surface area contributed by atoms with Gasteiger partial charge in [-0.25, -0.2) is 9.59 Å². The predicted molar refractivity (Wildman–Crippen MR) is 76.0 cm³/mol. The Labute approximate surface area is 118 Å². The molecule has 0 unspecified atom stereocenters. The molecule has 0 aliphatic carbocycles. The molecule has 0 saturated carbocycles. The molecule has 0 aliphatic heterocycles. The summed E-state index contributed by atoms with van der Waals surface area (Å²) in [7, 11) is 0. The van der Waals surface area contributed by atoms with Crippen molar-refractivity contribution in [2.75, 3.05) is 6.54 Å². The zero-order valence-corrected chi connectivity index (χ0v) is 11.0. The molecule has 2 amide bonds. The van der Waals surface area contributed by atoms with Gasteiger partial charge in [-0.3, -0.25) is 14.3 Å². The summed E-state index contributed by atoms with van der Waals surface area (Å²) in [6.45, 7) is 0.0211. The maximum atomic E-state index is 11.9. The Morgan fingerprint density at radius 2 is 1.95 bits per heavy atom. The molecular formula is C13H14N4O4. The van der Waals surface area contributed by atoms with Crippen LogP contribution in [0.3, 0.4) is 0 Å². The third-order valence-corrected chi connectivity index (χ3v) is 2.87. The molecule has 2 aromatic rings. The fourth-order valence-corrected chi connectivity index (χ4v) is 1.92. The minimum Gasteiger partial charge on any atom is -0.494 e. The lowest BCUT2D eigenvalue weighted by Gasteiger charge is -2.11. The van der Waals surface area contributed by atoms with E-state index in [0.717, 1.165) is 4.57 Å². The molecule has 21 heavy (non-hydrogen) atoms. The molecule has 0 fully saturated rings. The number of benzene rings is 1. The van der Waals surface area contributed by atoms with Crippen molar-refractivity contribution in [3.8, 4) is 17.0 Å². The number of hydrogen-bond donors (Lipinski definition) is 4. The van der Waals surface area contributed by atoms with Crippen molar-refractivity contribution in [1.82, 2.24) is 14.9 Å². The van der Waals surface area contributed by atoms with E-state index in [1.807, 2.05) is 0 Å². The first-order chi connectivity index (χ1) is 10.0. The van der Waals surface area contributed by atoms with E-state index in [4.69, 9.17) is 5.73 Å². The topological polar surface area (TPSA) is 130 Å². The van der Waals surface area contributed by atoms with Crippen LogP contribution in [0.1, 0.15) is 0 Å². The maximum absolute atomic E-state index is 11.9. The van der Waals surface area contributed by atoms with Crippen LogP contribution in [0.5, 0.6) is 5.88 Å². The second kappa shape index (κ2) is 5.95. The summed E-state index contributed by atoms with van der Waals surface area (Å²) in [5.74, 6) is -0.457. The Balaban J connectivity index is 2.46. The van der Waals surface area contributed by atoms with E-state index in [1.165, 1.54) is 0 Å². The number of rotatable bonds is 4. The van der Waals surface area contributed by atoms with E-state index in [0.29, 0.717) is 5.56 Å². The van der Waals surface area contributed by atoms with Gasteiger partial charge in [-0.1, -0.05) is 30.3 Å². The third kappa shape index (κ3) is 3.11. The van der Waals surface area contributed by atoms with Crippen molar-refractivity contribution < 1.29 is 9.90 Å². The van der Waals surface area contributed by atoms with Crippen LogP contribution < -0.4 is 22.3 Å². The summed E-state index contributed by atoms with van der Waals surface area (Å²) in [6, 6.07) is 7.72. The van der Waals surface area contributed by atoms with Gasteiger partial charge in [0.15, 0.2) is 0 Å². The lowest BCUT2D eigenvalue weighted by Crippen LogP contribution is -2.36. The van der Waals surface area contributed by atoms with Crippen LogP contribution in [0, 0.1) is 0 Å². The van der Waals surface area contributed by atoms with Gasteiger partial charge in [0.05, 0.1) is 0 Å². The predicted octanol–water partition coefficient (Wildman–Crippen LogP) is -0.423. The Hall–Kier alpha value is -3.03. The number of urea groups is 1. The number of nitrogens with one attached hydrogen (secondary N) is 2. The number of aromatic amines is 1. The van der Waals surface area contributed by atoms with Crippen LogP contribution in [-0.4, -0.2) is 27.2 Å². The first kappa shape index (κ1) is 14.4. The number of amides is 2. The van der Waals surface area contributed by atoms with Crippen molar-refractivity contribution in [3.05, 3.63) is 51.2 Å². The quantitative estimate of drug-likeness (QED) is 0.609. The zero-order valence-electron chi connectivity index (χ0n) is 11.0. The van der Waals surface area contributed by atoms with Crippen molar-refractivity contribution in [2.45, 2.75) is 6.54 Å². The molecule has 2 rings (SSSR count). The van der Waals surface area contributed by atoms with Gasteiger partial charge in [0.1, 0.15) is 5.56 Å². The molecule has 8 nitrogen and oxygen atoms in total. The van der Waals surface area contributed by atoms with Gasteiger partial charge >= 0.3 is 11.7 Å². The van der Waals surface area contributed by atoms with Gasteiger partial charge in [0.25, 0.3) is 5.56 Å². The summed E-state index contributed by atoms with van der Waals surface area (Å²) in [5, 5.41) is 12.5. The molecule has 0 bridgehead atoms. The molecule has 0 saturated heterocycles. The molecule has 1 heterocycles. The number of H-pyrrole nitrogens is 1. The molecule has 1 aromatic heterocycles. The largest absolute Gasteiger partial charge is 0.494 e. The fraction of sp³-hybridized carbons (Fsp3) is 0.154. The SMILES string of the molecule is NC(=O)NCCn1c(O)c(-c2ccccc2)c(=O)[nH]c1=O. The summed E-state index contributed by atoms with van der Waals surface area (Å²) in [6.07, 6.45) is 0. The first-order valence-electron chi connectivity index (χ1n) is 6.15. The Bertz CT molecular complexity index is 764. The number of carbonyl (C=O) groups excluding carboxylic acids is 1. The van der Waals surface area contributed by atoms with E-state index in [-0.39, 0.29) is 18.7 Å². The molecule has 0 spiro atoms. The number of nitrogens with zero attached hydrogens (tertiary/aromatic N) is 1. The van der Waals surface area contributed by atoms with E-state index in [9.17, 15) is 19.5 Å². The van der Waals surface area contributed by atoms with Gasteiger partial charge < -0.3 is 16.2 Å². The highest BCUT2D eigenvalue weighted by atomic mass is 16.3. The number of primary amides is 1. The molecule has 0 aliphatic rings. The van der Waals surface area contributed by atoms with Gasteiger partial charge in [0, 0.05) is 13.1 Å². The maximum Gasteiger partial charge on any atom is 0.331 e. The van der Waals surface area contributed by atoms with Crippen molar-refractivity contribution >= 4 is 6.03 Å². The normalized spacial score (nSPS) is 10.3.